The SMILES string of the molecule is O=C1c2ccccc2CCC1CN1CCC(O)(c2ccccc2C(F)(F)F)CC1. The average Bonchev–Trinajstić information content (AvgIpc) is 2.71. The molecule has 1 N–H and O–H groups in total. The first-order chi connectivity index (χ1) is 13.8. The molecule has 1 atom stereocenters. The molecule has 1 saturated heterocycles. The number of piperidine rings is 1. The zero-order valence-electron chi connectivity index (χ0n) is 16.1. The van der Waals surface area contributed by atoms with Gasteiger partial charge in [0.05, 0.1) is 11.2 Å². The number of aryl methyl sites for hydroxylation is 1. The van der Waals surface area contributed by atoms with Crippen LogP contribution in [0.15, 0.2) is 48.5 Å². The number of halogens is 3. The smallest absolute Gasteiger partial charge is 0.385 e. The minimum atomic E-state index is -4.49. The van der Waals surface area contributed by atoms with Crippen LogP contribution in [0.25, 0.3) is 0 Å². The third kappa shape index (κ3) is 3.96. The second-order valence-electron chi connectivity index (χ2n) is 8.13. The maximum atomic E-state index is 13.4. The van der Waals surface area contributed by atoms with E-state index < -0.39 is 17.3 Å². The predicted octanol–water partition coefficient (Wildman–Crippen LogP) is 4.43. The van der Waals surface area contributed by atoms with Crippen LogP contribution in [0, 0.1) is 5.92 Å². The third-order valence-electron chi connectivity index (χ3n) is 6.31. The number of hydrogen-bond acceptors (Lipinski definition) is 3. The molecule has 4 rings (SSSR count). The zero-order valence-corrected chi connectivity index (χ0v) is 16.1. The summed E-state index contributed by atoms with van der Waals surface area (Å²) in [5, 5.41) is 11.0. The Labute approximate surface area is 168 Å². The van der Waals surface area contributed by atoms with Crippen molar-refractivity contribution in [3.8, 4) is 0 Å². The van der Waals surface area contributed by atoms with E-state index in [2.05, 4.69) is 4.90 Å². The lowest BCUT2D eigenvalue weighted by molar-refractivity contribution is -0.142. The van der Waals surface area contributed by atoms with Crippen molar-refractivity contribution in [1.82, 2.24) is 4.90 Å². The van der Waals surface area contributed by atoms with Gasteiger partial charge in [0.25, 0.3) is 0 Å². The second-order valence-corrected chi connectivity index (χ2v) is 8.13. The topological polar surface area (TPSA) is 40.5 Å². The molecular formula is C23H24F3NO2. The van der Waals surface area contributed by atoms with Gasteiger partial charge in [-0.15, -0.1) is 0 Å². The van der Waals surface area contributed by atoms with Crippen molar-refractivity contribution >= 4 is 5.78 Å². The summed E-state index contributed by atoms with van der Waals surface area (Å²) in [6, 6.07) is 13.0. The Balaban J connectivity index is 1.44. The molecule has 0 bridgehead atoms. The van der Waals surface area contributed by atoms with E-state index in [1.54, 1.807) is 0 Å². The molecule has 1 fully saturated rings. The molecule has 1 unspecified atom stereocenters. The monoisotopic (exact) mass is 403 g/mol. The minimum Gasteiger partial charge on any atom is -0.385 e. The van der Waals surface area contributed by atoms with E-state index in [4.69, 9.17) is 0 Å². The molecule has 0 spiro atoms. The fourth-order valence-electron chi connectivity index (χ4n) is 4.66. The Morgan fingerprint density at radius 3 is 2.41 bits per heavy atom. The number of Topliss-reactive ketones (excluding diaryl/α,β-unsaturated/α-hetero) is 1. The Morgan fingerprint density at radius 2 is 1.69 bits per heavy atom. The van der Waals surface area contributed by atoms with Crippen molar-refractivity contribution in [2.24, 2.45) is 5.92 Å². The van der Waals surface area contributed by atoms with E-state index in [1.807, 2.05) is 24.3 Å². The van der Waals surface area contributed by atoms with Gasteiger partial charge in [-0.1, -0.05) is 42.5 Å². The van der Waals surface area contributed by atoms with E-state index in [0.29, 0.717) is 19.6 Å². The van der Waals surface area contributed by atoms with Gasteiger partial charge in [-0.3, -0.25) is 4.79 Å². The molecule has 2 aromatic rings. The molecule has 0 saturated carbocycles. The first kappa shape index (κ1) is 20.1. The summed E-state index contributed by atoms with van der Waals surface area (Å²) in [4.78, 5) is 14.9. The Hall–Kier alpha value is -2.18. The molecule has 3 nitrogen and oxygen atoms in total. The molecule has 1 aliphatic carbocycles. The summed E-state index contributed by atoms with van der Waals surface area (Å²) in [5.74, 6) is 0.0497. The normalized spacial score (nSPS) is 22.3. The van der Waals surface area contributed by atoms with Crippen LogP contribution in [0.4, 0.5) is 13.2 Å². The standard InChI is InChI=1S/C23H24F3NO2/c24-23(25,26)20-8-4-3-7-19(20)22(29)11-13-27(14-12-22)15-17-10-9-16-5-1-2-6-18(16)21(17)28/h1-8,17,29H,9-15H2. The van der Waals surface area contributed by atoms with Gasteiger partial charge in [-0.25, -0.2) is 0 Å². The highest BCUT2D eigenvalue weighted by atomic mass is 19.4. The first-order valence-corrected chi connectivity index (χ1v) is 10.0. The molecule has 1 heterocycles. The Bertz CT molecular complexity index is 901. The minimum absolute atomic E-state index is 0.0465. The molecule has 29 heavy (non-hydrogen) atoms. The van der Waals surface area contributed by atoms with Gasteiger partial charge in [0, 0.05) is 31.1 Å². The number of nitrogens with zero attached hydrogens (tertiary/aromatic N) is 1. The highest BCUT2D eigenvalue weighted by Crippen LogP contribution is 2.41. The summed E-state index contributed by atoms with van der Waals surface area (Å²) >= 11 is 0. The van der Waals surface area contributed by atoms with E-state index >= 15 is 0 Å². The van der Waals surface area contributed by atoms with E-state index in [0.717, 1.165) is 30.0 Å². The van der Waals surface area contributed by atoms with Gasteiger partial charge >= 0.3 is 6.18 Å². The summed E-state index contributed by atoms with van der Waals surface area (Å²) in [6.45, 7) is 1.52. The van der Waals surface area contributed by atoms with Crippen LogP contribution in [-0.2, 0) is 18.2 Å². The van der Waals surface area contributed by atoms with Crippen LogP contribution in [0.1, 0.15) is 46.3 Å². The number of carbonyl (C=O) groups excluding carboxylic acids is 1. The molecule has 6 heteroatoms. The number of aliphatic hydroxyl groups is 1. The van der Waals surface area contributed by atoms with Gasteiger partial charge in [-0.05, 0) is 42.9 Å². The van der Waals surface area contributed by atoms with E-state index in [1.165, 1.54) is 18.2 Å². The van der Waals surface area contributed by atoms with Crippen LogP contribution in [0.3, 0.4) is 0 Å². The number of likely N-dealkylation sites (tertiary alicyclic amines) is 1. The lowest BCUT2D eigenvalue weighted by atomic mass is 9.80. The van der Waals surface area contributed by atoms with Crippen LogP contribution >= 0.6 is 0 Å². The predicted molar refractivity (Wildman–Crippen MR) is 104 cm³/mol. The Kier molecular flexibility index (Phi) is 5.25. The van der Waals surface area contributed by atoms with Crippen molar-refractivity contribution in [2.45, 2.75) is 37.5 Å². The van der Waals surface area contributed by atoms with Crippen LogP contribution in [0.2, 0.25) is 0 Å². The number of alkyl halides is 3. The second kappa shape index (κ2) is 7.58. The maximum Gasteiger partial charge on any atom is 0.416 e. The molecule has 0 radical (unpaired) electrons. The fourth-order valence-corrected chi connectivity index (χ4v) is 4.66. The largest absolute Gasteiger partial charge is 0.416 e. The van der Waals surface area contributed by atoms with Crippen molar-refractivity contribution in [2.75, 3.05) is 19.6 Å². The lowest BCUT2D eigenvalue weighted by Crippen LogP contribution is -2.46. The zero-order chi connectivity index (χ0) is 20.6. The summed E-state index contributed by atoms with van der Waals surface area (Å²) in [5.41, 5.74) is -0.432. The Morgan fingerprint density at radius 1 is 1.03 bits per heavy atom. The number of benzene rings is 2. The van der Waals surface area contributed by atoms with Gasteiger partial charge in [0.1, 0.15) is 0 Å². The fraction of sp³-hybridized carbons (Fsp3) is 0.435. The molecule has 0 amide bonds. The molecule has 1 aliphatic heterocycles. The summed E-state index contributed by atoms with van der Waals surface area (Å²) in [7, 11) is 0. The van der Waals surface area contributed by atoms with Gasteiger partial charge in [0.2, 0.25) is 0 Å². The van der Waals surface area contributed by atoms with Crippen LogP contribution in [0.5, 0.6) is 0 Å². The number of ketones is 1. The van der Waals surface area contributed by atoms with Crippen LogP contribution in [-0.4, -0.2) is 35.4 Å². The van der Waals surface area contributed by atoms with E-state index in [-0.39, 0.29) is 30.1 Å². The summed E-state index contributed by atoms with van der Waals surface area (Å²) < 4.78 is 40.1. The highest BCUT2D eigenvalue weighted by Gasteiger charge is 2.42. The summed E-state index contributed by atoms with van der Waals surface area (Å²) in [6.07, 6.45) is -2.41. The number of rotatable bonds is 3. The lowest BCUT2D eigenvalue weighted by Gasteiger charge is -2.40. The molecule has 2 aliphatic rings. The maximum absolute atomic E-state index is 13.4. The number of carbonyl (C=O) groups is 1. The third-order valence-corrected chi connectivity index (χ3v) is 6.31. The number of fused-ring (bicyclic) bond motifs is 1. The van der Waals surface area contributed by atoms with Crippen LogP contribution < -0.4 is 0 Å². The van der Waals surface area contributed by atoms with Gasteiger partial charge in [-0.2, -0.15) is 13.2 Å². The molecule has 154 valence electrons. The average molecular weight is 403 g/mol. The van der Waals surface area contributed by atoms with Gasteiger partial charge in [0.15, 0.2) is 5.78 Å². The van der Waals surface area contributed by atoms with E-state index in [9.17, 15) is 23.1 Å². The van der Waals surface area contributed by atoms with Crippen molar-refractivity contribution in [3.63, 3.8) is 0 Å². The molecule has 2 aromatic carbocycles. The van der Waals surface area contributed by atoms with Crippen molar-refractivity contribution < 1.29 is 23.1 Å². The number of hydrogen-bond donors (Lipinski definition) is 1. The van der Waals surface area contributed by atoms with Gasteiger partial charge < -0.3 is 10.0 Å². The first-order valence-electron chi connectivity index (χ1n) is 10.0. The highest BCUT2D eigenvalue weighted by molar-refractivity contribution is 6.00. The quantitative estimate of drug-likeness (QED) is 0.824. The molecular weight excluding hydrogens is 379 g/mol. The van der Waals surface area contributed by atoms with Crippen molar-refractivity contribution in [3.05, 3.63) is 70.8 Å². The van der Waals surface area contributed by atoms with Crippen molar-refractivity contribution in [1.29, 1.82) is 0 Å². The molecule has 0 aromatic heterocycles.